The first kappa shape index (κ1) is 15.0. The zero-order valence-corrected chi connectivity index (χ0v) is 11.9. The van der Waals surface area contributed by atoms with Crippen LogP contribution in [0.1, 0.15) is 39.5 Å². The van der Waals surface area contributed by atoms with Gasteiger partial charge in [0.25, 0.3) is 0 Å². The van der Waals surface area contributed by atoms with E-state index in [0.717, 1.165) is 19.1 Å². The molecule has 0 spiro atoms. The predicted molar refractivity (Wildman–Crippen MR) is 68.4 cm³/mol. The van der Waals surface area contributed by atoms with E-state index in [9.17, 15) is 13.2 Å². The normalized spacial score (nSPS) is 19.2. The molecule has 18 heavy (non-hydrogen) atoms. The summed E-state index contributed by atoms with van der Waals surface area (Å²) in [7, 11) is -3.25. The van der Waals surface area contributed by atoms with Gasteiger partial charge in [0.15, 0.2) is 9.84 Å². The lowest BCUT2D eigenvalue weighted by molar-refractivity contribution is -0.128. The molecule has 102 valence electrons. The second-order valence-corrected chi connectivity index (χ2v) is 8.27. The molecule has 0 bridgehead atoms. The molecule has 0 aliphatic heterocycles. The summed E-state index contributed by atoms with van der Waals surface area (Å²) in [6, 6.07) is 2.09. The van der Waals surface area contributed by atoms with E-state index in [-0.39, 0.29) is 12.5 Å². The molecule has 0 aromatic rings. The van der Waals surface area contributed by atoms with Crippen molar-refractivity contribution < 1.29 is 13.2 Å². The molecule has 1 aliphatic rings. The van der Waals surface area contributed by atoms with Gasteiger partial charge < -0.3 is 5.32 Å². The third-order valence-electron chi connectivity index (χ3n) is 3.78. The molecule has 6 heteroatoms. The Morgan fingerprint density at radius 3 is 2.28 bits per heavy atom. The first-order valence-corrected chi connectivity index (χ1v) is 7.93. The molecule has 0 radical (unpaired) electrons. The molecule has 1 saturated carbocycles. The van der Waals surface area contributed by atoms with Crippen molar-refractivity contribution in [1.29, 1.82) is 5.26 Å². The zero-order chi connectivity index (χ0) is 14.0. The fraction of sp³-hybridized carbons (Fsp3) is 0.833. The highest BCUT2D eigenvalue weighted by atomic mass is 32.2. The number of nitriles is 1. The van der Waals surface area contributed by atoms with Crippen LogP contribution in [0.15, 0.2) is 0 Å². The standard InChI is InChI=1S/C12H20N2O3S/c1-11(2,18(3,16)17)9-14-10(15)12(8-13)6-4-5-7-12/h4-7,9H2,1-3H3,(H,14,15). The molecule has 0 heterocycles. The van der Waals surface area contributed by atoms with E-state index in [1.165, 1.54) is 0 Å². The zero-order valence-electron chi connectivity index (χ0n) is 11.1. The number of carbonyl (C=O) groups is 1. The summed E-state index contributed by atoms with van der Waals surface area (Å²) in [5, 5.41) is 11.8. The van der Waals surface area contributed by atoms with Crippen LogP contribution in [0.4, 0.5) is 0 Å². The lowest BCUT2D eigenvalue weighted by Crippen LogP contribution is -2.47. The average molecular weight is 272 g/mol. The van der Waals surface area contributed by atoms with Gasteiger partial charge in [-0.2, -0.15) is 5.26 Å². The van der Waals surface area contributed by atoms with E-state index < -0.39 is 20.0 Å². The van der Waals surface area contributed by atoms with Crippen molar-refractivity contribution in [3.05, 3.63) is 0 Å². The van der Waals surface area contributed by atoms with Crippen LogP contribution < -0.4 is 5.32 Å². The monoisotopic (exact) mass is 272 g/mol. The molecule has 1 aliphatic carbocycles. The first-order chi connectivity index (χ1) is 8.15. The lowest BCUT2D eigenvalue weighted by atomic mass is 9.87. The molecule has 0 aromatic heterocycles. The van der Waals surface area contributed by atoms with E-state index in [4.69, 9.17) is 5.26 Å². The van der Waals surface area contributed by atoms with Gasteiger partial charge >= 0.3 is 0 Å². The summed E-state index contributed by atoms with van der Waals surface area (Å²) < 4.78 is 22.0. The summed E-state index contributed by atoms with van der Waals surface area (Å²) in [4.78, 5) is 12.0. The maximum Gasteiger partial charge on any atom is 0.240 e. The van der Waals surface area contributed by atoms with Crippen LogP contribution in [-0.2, 0) is 14.6 Å². The average Bonchev–Trinajstić information content (AvgIpc) is 2.74. The molecule has 1 fully saturated rings. The highest BCUT2D eigenvalue weighted by Gasteiger charge is 2.42. The molecule has 0 saturated heterocycles. The van der Waals surface area contributed by atoms with Crippen molar-refractivity contribution in [3.8, 4) is 6.07 Å². The number of sulfone groups is 1. The first-order valence-electron chi connectivity index (χ1n) is 6.04. The largest absolute Gasteiger partial charge is 0.353 e. The number of rotatable bonds is 4. The quantitative estimate of drug-likeness (QED) is 0.827. The molecule has 0 unspecified atom stereocenters. The maximum atomic E-state index is 12.0. The molecule has 1 N–H and O–H groups in total. The molecule has 1 amide bonds. The second kappa shape index (κ2) is 4.88. The Bertz CT molecular complexity index is 468. The van der Waals surface area contributed by atoms with Gasteiger partial charge in [0, 0.05) is 12.8 Å². The number of nitrogens with zero attached hydrogens (tertiary/aromatic N) is 1. The number of hydrogen-bond donors (Lipinski definition) is 1. The Morgan fingerprint density at radius 1 is 1.39 bits per heavy atom. The van der Waals surface area contributed by atoms with E-state index >= 15 is 0 Å². The van der Waals surface area contributed by atoms with Crippen molar-refractivity contribution in [1.82, 2.24) is 5.32 Å². The topological polar surface area (TPSA) is 87.0 Å². The van der Waals surface area contributed by atoms with Crippen molar-refractivity contribution in [2.75, 3.05) is 12.8 Å². The van der Waals surface area contributed by atoms with Crippen LogP contribution in [0.3, 0.4) is 0 Å². The second-order valence-electron chi connectivity index (χ2n) is 5.62. The lowest BCUT2D eigenvalue weighted by Gasteiger charge is -2.26. The van der Waals surface area contributed by atoms with E-state index in [0.29, 0.717) is 12.8 Å². The summed E-state index contributed by atoms with van der Waals surface area (Å²) in [5.41, 5.74) is -0.951. The summed E-state index contributed by atoms with van der Waals surface area (Å²) >= 11 is 0. The van der Waals surface area contributed by atoms with Crippen molar-refractivity contribution in [2.24, 2.45) is 5.41 Å². The van der Waals surface area contributed by atoms with Gasteiger partial charge in [0.05, 0.1) is 10.8 Å². The number of hydrogen-bond acceptors (Lipinski definition) is 4. The van der Waals surface area contributed by atoms with E-state index in [2.05, 4.69) is 11.4 Å². The third-order valence-corrected chi connectivity index (χ3v) is 5.94. The minimum atomic E-state index is -3.25. The van der Waals surface area contributed by atoms with Crippen LogP contribution in [-0.4, -0.2) is 31.9 Å². The molecular formula is C12H20N2O3S. The third kappa shape index (κ3) is 2.83. The summed E-state index contributed by atoms with van der Waals surface area (Å²) in [6.07, 6.45) is 4.02. The van der Waals surface area contributed by atoms with Gasteiger partial charge in [-0.1, -0.05) is 12.8 Å². The van der Waals surface area contributed by atoms with Crippen LogP contribution >= 0.6 is 0 Å². The van der Waals surface area contributed by atoms with E-state index in [1.54, 1.807) is 13.8 Å². The van der Waals surface area contributed by atoms with Crippen molar-refractivity contribution >= 4 is 15.7 Å². The highest BCUT2D eigenvalue weighted by molar-refractivity contribution is 7.92. The van der Waals surface area contributed by atoms with Gasteiger partial charge in [-0.3, -0.25) is 4.79 Å². The van der Waals surface area contributed by atoms with Crippen LogP contribution in [0.25, 0.3) is 0 Å². The SMILES string of the molecule is CC(C)(CNC(=O)C1(C#N)CCCC1)S(C)(=O)=O. The summed E-state index contributed by atoms with van der Waals surface area (Å²) in [6.45, 7) is 3.17. The van der Waals surface area contributed by atoms with Crippen LogP contribution in [0, 0.1) is 16.7 Å². The number of amides is 1. The van der Waals surface area contributed by atoms with Gasteiger partial charge in [-0.25, -0.2) is 8.42 Å². The molecule has 1 rings (SSSR count). The maximum absolute atomic E-state index is 12.0. The minimum Gasteiger partial charge on any atom is -0.353 e. The van der Waals surface area contributed by atoms with Crippen molar-refractivity contribution in [3.63, 3.8) is 0 Å². The molecular weight excluding hydrogens is 252 g/mol. The summed E-state index contributed by atoms with van der Waals surface area (Å²) in [5.74, 6) is -0.334. The minimum absolute atomic E-state index is 0.0358. The van der Waals surface area contributed by atoms with Gasteiger partial charge in [-0.05, 0) is 26.7 Å². The van der Waals surface area contributed by atoms with Crippen LogP contribution in [0.2, 0.25) is 0 Å². The molecule has 5 nitrogen and oxygen atoms in total. The fourth-order valence-corrected chi connectivity index (χ4v) is 2.30. The number of nitrogens with one attached hydrogen (secondary N) is 1. The molecule has 0 aromatic carbocycles. The number of carbonyl (C=O) groups excluding carboxylic acids is 1. The highest BCUT2D eigenvalue weighted by Crippen LogP contribution is 2.37. The van der Waals surface area contributed by atoms with Crippen LogP contribution in [0.5, 0.6) is 0 Å². The van der Waals surface area contributed by atoms with Crippen molar-refractivity contribution in [2.45, 2.75) is 44.3 Å². The fourth-order valence-electron chi connectivity index (χ4n) is 1.96. The molecule has 0 atom stereocenters. The Kier molecular flexibility index (Phi) is 4.06. The Hall–Kier alpha value is -1.09. The van der Waals surface area contributed by atoms with Gasteiger partial charge in [0.1, 0.15) is 5.41 Å². The predicted octanol–water partition coefficient (Wildman–Crippen LogP) is 1.01. The Labute approximate surface area is 108 Å². The van der Waals surface area contributed by atoms with Gasteiger partial charge in [0.2, 0.25) is 5.91 Å². The smallest absolute Gasteiger partial charge is 0.240 e. The Balaban J connectivity index is 2.71. The van der Waals surface area contributed by atoms with Gasteiger partial charge in [-0.15, -0.1) is 0 Å². The van der Waals surface area contributed by atoms with E-state index in [1.807, 2.05) is 0 Å². The Morgan fingerprint density at radius 2 is 1.89 bits per heavy atom.